The second-order valence-electron chi connectivity index (χ2n) is 5.32. The number of aliphatic hydroxyl groups is 1. The van der Waals surface area contributed by atoms with E-state index in [-0.39, 0.29) is 31.6 Å². The number of carbonyl (C=O) groups excluding carboxylic acids is 2. The molecule has 2 aromatic carbocycles. The Hall–Kier alpha value is -2.38. The predicted molar refractivity (Wildman–Crippen MR) is 98.8 cm³/mol. The van der Waals surface area contributed by atoms with Gasteiger partial charge in [0.2, 0.25) is 0 Å². The number of likely N-dealkylation sites (N-methyl/N-ethyl adjacent to an activating group) is 1. The number of amides is 2. The lowest BCUT2D eigenvalue weighted by Crippen LogP contribution is -2.29. The zero-order valence-electron chi connectivity index (χ0n) is 13.7. The third-order valence-corrected chi connectivity index (χ3v) is 3.91. The normalized spacial score (nSPS) is 10.2. The molecule has 0 fully saturated rings. The Morgan fingerprint density at radius 1 is 1.12 bits per heavy atom. The van der Waals surface area contributed by atoms with Gasteiger partial charge in [-0.2, -0.15) is 0 Å². The van der Waals surface area contributed by atoms with E-state index in [0.29, 0.717) is 17.0 Å². The largest absolute Gasteiger partial charge is 0.484 e. The summed E-state index contributed by atoms with van der Waals surface area (Å²) in [5.74, 6) is 0.0334. The predicted octanol–water partition coefficient (Wildman–Crippen LogP) is 2.53. The summed E-state index contributed by atoms with van der Waals surface area (Å²) in [5, 5.41) is 11.6. The molecule has 0 unspecified atom stereocenters. The van der Waals surface area contributed by atoms with Crippen LogP contribution in [0, 0.1) is 0 Å². The molecule has 6 nitrogen and oxygen atoms in total. The van der Waals surface area contributed by atoms with Gasteiger partial charge in [-0.1, -0.05) is 15.9 Å². The highest BCUT2D eigenvalue weighted by molar-refractivity contribution is 9.10. The van der Waals surface area contributed by atoms with Crippen molar-refractivity contribution in [3.63, 3.8) is 0 Å². The molecule has 0 aliphatic heterocycles. The van der Waals surface area contributed by atoms with Crippen molar-refractivity contribution < 1.29 is 19.4 Å². The smallest absolute Gasteiger partial charge is 0.262 e. The topological polar surface area (TPSA) is 78.9 Å². The quantitative estimate of drug-likeness (QED) is 0.740. The molecule has 0 radical (unpaired) electrons. The molecule has 132 valence electrons. The summed E-state index contributed by atoms with van der Waals surface area (Å²) >= 11 is 3.33. The fraction of sp³-hybridized carbons (Fsp3) is 0.222. The molecular formula is C18H19BrN2O4. The van der Waals surface area contributed by atoms with Gasteiger partial charge in [-0.15, -0.1) is 0 Å². The lowest BCUT2D eigenvalue weighted by molar-refractivity contribution is -0.118. The maximum absolute atomic E-state index is 12.0. The van der Waals surface area contributed by atoms with E-state index in [9.17, 15) is 9.59 Å². The monoisotopic (exact) mass is 406 g/mol. The van der Waals surface area contributed by atoms with Gasteiger partial charge in [-0.3, -0.25) is 9.59 Å². The standard InChI is InChI=1S/C18H19BrN2O4/c1-21(10-11-22)18(24)13-2-8-16(9-3-13)25-12-17(23)20-15-6-4-14(19)5-7-15/h2-9,22H,10-12H2,1H3,(H,20,23). The van der Waals surface area contributed by atoms with Crippen molar-refractivity contribution in [1.29, 1.82) is 0 Å². The van der Waals surface area contributed by atoms with Crippen molar-refractivity contribution in [2.45, 2.75) is 0 Å². The van der Waals surface area contributed by atoms with Crippen LogP contribution in [0.1, 0.15) is 10.4 Å². The first-order valence-electron chi connectivity index (χ1n) is 7.64. The molecule has 7 heteroatoms. The van der Waals surface area contributed by atoms with Gasteiger partial charge in [0.1, 0.15) is 5.75 Å². The molecule has 0 atom stereocenters. The molecule has 0 spiro atoms. The average molecular weight is 407 g/mol. The molecule has 0 aromatic heterocycles. The third kappa shape index (κ3) is 5.88. The van der Waals surface area contributed by atoms with Crippen LogP contribution < -0.4 is 10.1 Å². The number of benzene rings is 2. The Morgan fingerprint density at radius 3 is 2.36 bits per heavy atom. The number of hydrogen-bond donors (Lipinski definition) is 2. The second kappa shape index (κ2) is 9.19. The summed E-state index contributed by atoms with van der Waals surface area (Å²) in [4.78, 5) is 25.4. The van der Waals surface area contributed by atoms with E-state index in [1.807, 2.05) is 12.1 Å². The molecule has 25 heavy (non-hydrogen) atoms. The molecule has 2 rings (SSSR count). The first-order valence-corrected chi connectivity index (χ1v) is 8.43. The molecule has 2 N–H and O–H groups in total. The summed E-state index contributed by atoms with van der Waals surface area (Å²) in [6.07, 6.45) is 0. The lowest BCUT2D eigenvalue weighted by Gasteiger charge is -2.15. The van der Waals surface area contributed by atoms with Crippen molar-refractivity contribution in [1.82, 2.24) is 4.90 Å². The van der Waals surface area contributed by atoms with Crippen molar-refractivity contribution in [2.24, 2.45) is 0 Å². The van der Waals surface area contributed by atoms with Crippen LogP contribution >= 0.6 is 15.9 Å². The van der Waals surface area contributed by atoms with Gasteiger partial charge in [-0.05, 0) is 48.5 Å². The fourth-order valence-corrected chi connectivity index (χ4v) is 2.31. The maximum atomic E-state index is 12.0. The van der Waals surface area contributed by atoms with Crippen LogP contribution in [0.4, 0.5) is 5.69 Å². The van der Waals surface area contributed by atoms with Crippen LogP contribution in [-0.2, 0) is 4.79 Å². The minimum atomic E-state index is -0.273. The lowest BCUT2D eigenvalue weighted by atomic mass is 10.2. The van der Waals surface area contributed by atoms with Crippen molar-refractivity contribution in [2.75, 3.05) is 32.1 Å². The summed E-state index contributed by atoms with van der Waals surface area (Å²) in [6.45, 7) is 0.0536. The fourth-order valence-electron chi connectivity index (χ4n) is 2.04. The van der Waals surface area contributed by atoms with Crippen molar-refractivity contribution in [3.8, 4) is 5.75 Å². The Bertz CT molecular complexity index is 717. The van der Waals surface area contributed by atoms with Gasteiger partial charge in [0.05, 0.1) is 6.61 Å². The molecule has 0 saturated heterocycles. The van der Waals surface area contributed by atoms with Crippen LogP contribution in [0.3, 0.4) is 0 Å². The number of aliphatic hydroxyl groups excluding tert-OH is 1. The van der Waals surface area contributed by atoms with E-state index in [4.69, 9.17) is 9.84 Å². The van der Waals surface area contributed by atoms with Crippen LogP contribution in [0.5, 0.6) is 5.75 Å². The number of carbonyl (C=O) groups is 2. The summed E-state index contributed by atoms with van der Waals surface area (Å²) in [6, 6.07) is 13.7. The van der Waals surface area contributed by atoms with Gasteiger partial charge in [0.25, 0.3) is 11.8 Å². The Morgan fingerprint density at radius 2 is 1.76 bits per heavy atom. The van der Waals surface area contributed by atoms with Crippen molar-refractivity contribution >= 4 is 33.4 Å². The van der Waals surface area contributed by atoms with E-state index < -0.39 is 0 Å². The van der Waals surface area contributed by atoms with Gasteiger partial charge >= 0.3 is 0 Å². The summed E-state index contributed by atoms with van der Waals surface area (Å²) in [5.41, 5.74) is 1.17. The number of rotatable bonds is 7. The third-order valence-electron chi connectivity index (χ3n) is 3.38. The second-order valence-corrected chi connectivity index (χ2v) is 6.23. The molecule has 0 bridgehead atoms. The van der Waals surface area contributed by atoms with E-state index in [0.717, 1.165) is 4.47 Å². The molecule has 0 saturated carbocycles. The number of halogens is 1. The van der Waals surface area contributed by atoms with Crippen LogP contribution in [0.2, 0.25) is 0 Å². The van der Waals surface area contributed by atoms with Gasteiger partial charge in [0, 0.05) is 29.3 Å². The number of anilines is 1. The zero-order chi connectivity index (χ0) is 18.2. The average Bonchev–Trinajstić information content (AvgIpc) is 2.62. The number of nitrogens with one attached hydrogen (secondary N) is 1. The van der Waals surface area contributed by atoms with E-state index >= 15 is 0 Å². The van der Waals surface area contributed by atoms with Gasteiger partial charge in [-0.25, -0.2) is 0 Å². The SMILES string of the molecule is CN(CCO)C(=O)c1ccc(OCC(=O)Nc2ccc(Br)cc2)cc1. The highest BCUT2D eigenvalue weighted by Crippen LogP contribution is 2.15. The van der Waals surface area contributed by atoms with Crippen LogP contribution in [0.15, 0.2) is 53.0 Å². The first kappa shape index (κ1) is 19.0. The highest BCUT2D eigenvalue weighted by Gasteiger charge is 2.11. The zero-order valence-corrected chi connectivity index (χ0v) is 15.3. The van der Waals surface area contributed by atoms with Crippen LogP contribution in [-0.4, -0.2) is 48.6 Å². The number of ether oxygens (including phenoxy) is 1. The van der Waals surface area contributed by atoms with Gasteiger partial charge < -0.3 is 20.1 Å². The highest BCUT2D eigenvalue weighted by atomic mass is 79.9. The van der Waals surface area contributed by atoms with Gasteiger partial charge in [0.15, 0.2) is 6.61 Å². The number of hydrogen-bond acceptors (Lipinski definition) is 4. The minimum Gasteiger partial charge on any atom is -0.484 e. The maximum Gasteiger partial charge on any atom is 0.262 e. The van der Waals surface area contributed by atoms with Crippen LogP contribution in [0.25, 0.3) is 0 Å². The molecule has 0 heterocycles. The molecule has 2 amide bonds. The number of nitrogens with zero attached hydrogens (tertiary/aromatic N) is 1. The summed E-state index contributed by atoms with van der Waals surface area (Å²) < 4.78 is 6.35. The van der Waals surface area contributed by atoms with E-state index in [2.05, 4.69) is 21.2 Å². The Kier molecular flexibility index (Phi) is 6.97. The Balaban J connectivity index is 1.85. The van der Waals surface area contributed by atoms with Crippen molar-refractivity contribution in [3.05, 3.63) is 58.6 Å². The van der Waals surface area contributed by atoms with E-state index in [1.165, 1.54) is 4.90 Å². The minimum absolute atomic E-state index is 0.0864. The Labute approximate surface area is 154 Å². The molecule has 0 aliphatic rings. The molecule has 2 aromatic rings. The van der Waals surface area contributed by atoms with E-state index in [1.54, 1.807) is 43.4 Å². The molecular weight excluding hydrogens is 388 g/mol. The first-order chi connectivity index (χ1) is 12.0. The molecule has 0 aliphatic carbocycles. The summed E-state index contributed by atoms with van der Waals surface area (Å²) in [7, 11) is 1.62.